The van der Waals surface area contributed by atoms with E-state index < -0.39 is 17.8 Å². The summed E-state index contributed by atoms with van der Waals surface area (Å²) in [4.78, 5) is 13.8. The molecule has 0 aliphatic heterocycles. The van der Waals surface area contributed by atoms with Crippen molar-refractivity contribution in [1.82, 2.24) is 4.98 Å². The molecule has 0 bridgehead atoms. The lowest BCUT2D eigenvalue weighted by molar-refractivity contribution is -0.138. The summed E-state index contributed by atoms with van der Waals surface area (Å²) in [6, 6.07) is -1.10. The average molecular weight is 326 g/mol. The first-order chi connectivity index (χ1) is 10.9. The number of carboxylic acid groups (broad SMARTS) is 1. The number of carboxylic acids is 1. The van der Waals surface area contributed by atoms with Crippen LogP contribution in [0.4, 0.5) is 4.39 Å². The topological polar surface area (TPSA) is 97.6 Å². The maximum Gasteiger partial charge on any atom is 0.320 e. The Hall–Kier alpha value is -2.28. The number of aromatic amines is 1. The van der Waals surface area contributed by atoms with Gasteiger partial charge in [0.1, 0.15) is 11.9 Å². The predicted octanol–water partition coefficient (Wildman–Crippen LogP) is 2.61. The number of halogens is 1. The molecule has 2 aromatic rings. The highest BCUT2D eigenvalue weighted by Gasteiger charge is 2.24. The van der Waals surface area contributed by atoms with Gasteiger partial charge in [0.2, 0.25) is 0 Å². The summed E-state index contributed by atoms with van der Waals surface area (Å²) in [5.41, 5.74) is 6.73. The molecule has 4 N–H and O–H groups in total. The Balaban J connectivity index is 0.00000127. The summed E-state index contributed by atoms with van der Waals surface area (Å²) in [6.07, 6.45) is 1.55. The second-order valence-electron chi connectivity index (χ2n) is 4.72. The number of fused-ring (bicyclic) bond motifs is 1. The van der Waals surface area contributed by atoms with Crippen LogP contribution in [0.3, 0.4) is 0 Å². The zero-order chi connectivity index (χ0) is 17.7. The van der Waals surface area contributed by atoms with E-state index in [0.717, 1.165) is 0 Å². The number of aliphatic carboxylic acids is 1. The Morgan fingerprint density at radius 2 is 1.91 bits per heavy atom. The van der Waals surface area contributed by atoms with Gasteiger partial charge < -0.3 is 25.3 Å². The fourth-order valence-electron chi connectivity index (χ4n) is 2.39. The predicted molar refractivity (Wildman–Crippen MR) is 86.8 cm³/mol. The summed E-state index contributed by atoms with van der Waals surface area (Å²) in [5.74, 6) is -0.932. The molecule has 1 unspecified atom stereocenters. The molecule has 6 nitrogen and oxygen atoms in total. The highest BCUT2D eigenvalue weighted by molar-refractivity contribution is 5.93. The fourth-order valence-corrected chi connectivity index (χ4v) is 2.39. The normalized spacial score (nSPS) is 11.6. The van der Waals surface area contributed by atoms with E-state index in [1.807, 2.05) is 13.8 Å². The van der Waals surface area contributed by atoms with E-state index in [4.69, 9.17) is 20.3 Å². The Labute approximate surface area is 134 Å². The minimum absolute atomic E-state index is 0.0151. The van der Waals surface area contributed by atoms with E-state index in [-0.39, 0.29) is 11.8 Å². The number of ether oxygens (including phenoxy) is 2. The number of nitrogens with two attached hydrogens (primary N) is 1. The van der Waals surface area contributed by atoms with Crippen molar-refractivity contribution in [2.75, 3.05) is 14.2 Å². The van der Waals surface area contributed by atoms with Gasteiger partial charge in [-0.05, 0) is 12.5 Å². The highest BCUT2D eigenvalue weighted by Crippen LogP contribution is 2.41. The van der Waals surface area contributed by atoms with Gasteiger partial charge in [-0.1, -0.05) is 13.8 Å². The maximum absolute atomic E-state index is 14.6. The SMILES string of the molecule is CC.COc1c(C)c(F)c2c(CC(N)C(=O)O)c[nH]c2c1OC. The summed E-state index contributed by atoms with van der Waals surface area (Å²) < 4.78 is 25.0. The number of hydrogen-bond donors (Lipinski definition) is 3. The summed E-state index contributed by atoms with van der Waals surface area (Å²) in [6.45, 7) is 5.57. The first-order valence-electron chi connectivity index (χ1n) is 7.30. The standard InChI is InChI=1S/C14H17FN2O4.C2H6/c1-6-10(15)9-7(4-8(16)14(18)19)5-17-11(9)13(21-3)12(6)20-2;1-2/h5,8,17H,4,16H2,1-3H3,(H,18,19);1-2H3. The molecule has 0 spiro atoms. The van der Waals surface area contributed by atoms with Crippen LogP contribution in [0.15, 0.2) is 6.20 Å². The first-order valence-corrected chi connectivity index (χ1v) is 7.30. The lowest BCUT2D eigenvalue weighted by Gasteiger charge is -2.13. The van der Waals surface area contributed by atoms with Gasteiger partial charge in [0.25, 0.3) is 0 Å². The Kier molecular flexibility index (Phi) is 6.38. The van der Waals surface area contributed by atoms with Crippen LogP contribution < -0.4 is 15.2 Å². The number of benzene rings is 1. The third-order valence-corrected chi connectivity index (χ3v) is 3.45. The van der Waals surface area contributed by atoms with Crippen LogP contribution in [0.25, 0.3) is 10.9 Å². The molecule has 0 amide bonds. The van der Waals surface area contributed by atoms with Crippen LogP contribution in [-0.2, 0) is 11.2 Å². The van der Waals surface area contributed by atoms with Crippen LogP contribution >= 0.6 is 0 Å². The molecule has 0 radical (unpaired) electrons. The van der Waals surface area contributed by atoms with Crippen LogP contribution in [0.5, 0.6) is 11.5 Å². The average Bonchev–Trinajstić information content (AvgIpc) is 2.96. The van der Waals surface area contributed by atoms with Crippen molar-refractivity contribution >= 4 is 16.9 Å². The highest BCUT2D eigenvalue weighted by atomic mass is 19.1. The van der Waals surface area contributed by atoms with E-state index in [1.54, 1.807) is 6.92 Å². The maximum atomic E-state index is 14.6. The molecular formula is C16H23FN2O4. The Morgan fingerprint density at radius 1 is 1.35 bits per heavy atom. The van der Waals surface area contributed by atoms with E-state index >= 15 is 0 Å². The molecule has 0 fully saturated rings. The van der Waals surface area contributed by atoms with E-state index in [9.17, 15) is 9.18 Å². The van der Waals surface area contributed by atoms with E-state index in [0.29, 0.717) is 28.1 Å². The van der Waals surface area contributed by atoms with E-state index in [2.05, 4.69) is 4.98 Å². The molecule has 0 aliphatic carbocycles. The van der Waals surface area contributed by atoms with Crippen LogP contribution in [0, 0.1) is 12.7 Å². The van der Waals surface area contributed by atoms with Crippen molar-refractivity contribution in [2.24, 2.45) is 5.73 Å². The molecule has 0 saturated heterocycles. The van der Waals surface area contributed by atoms with Gasteiger partial charge in [-0.15, -0.1) is 0 Å². The molecular weight excluding hydrogens is 303 g/mol. The fraction of sp³-hybridized carbons (Fsp3) is 0.438. The molecule has 1 atom stereocenters. The molecule has 23 heavy (non-hydrogen) atoms. The quantitative estimate of drug-likeness (QED) is 0.784. The zero-order valence-electron chi connectivity index (χ0n) is 14.0. The van der Waals surface area contributed by atoms with Crippen molar-refractivity contribution in [3.8, 4) is 11.5 Å². The molecule has 2 rings (SSSR count). The van der Waals surface area contributed by atoms with E-state index in [1.165, 1.54) is 20.4 Å². The van der Waals surface area contributed by atoms with Gasteiger partial charge in [0.05, 0.1) is 19.7 Å². The Morgan fingerprint density at radius 3 is 2.39 bits per heavy atom. The molecule has 0 saturated carbocycles. The Bertz CT molecular complexity index is 697. The summed E-state index contributed by atoms with van der Waals surface area (Å²) in [5, 5.41) is 9.17. The van der Waals surface area contributed by atoms with Crippen LogP contribution in [-0.4, -0.2) is 36.3 Å². The number of methoxy groups -OCH3 is 2. The van der Waals surface area contributed by atoms with Gasteiger partial charge in [-0.2, -0.15) is 0 Å². The lowest BCUT2D eigenvalue weighted by Crippen LogP contribution is -2.32. The van der Waals surface area contributed by atoms with Crippen molar-refractivity contribution in [3.63, 3.8) is 0 Å². The van der Waals surface area contributed by atoms with Crippen molar-refractivity contribution in [2.45, 2.75) is 33.2 Å². The van der Waals surface area contributed by atoms with Crippen molar-refractivity contribution in [3.05, 3.63) is 23.1 Å². The first kappa shape index (κ1) is 18.8. The smallest absolute Gasteiger partial charge is 0.320 e. The number of rotatable bonds is 5. The van der Waals surface area contributed by atoms with Crippen molar-refractivity contribution < 1.29 is 23.8 Å². The second kappa shape index (κ2) is 7.82. The zero-order valence-corrected chi connectivity index (χ0v) is 14.0. The summed E-state index contributed by atoms with van der Waals surface area (Å²) in [7, 11) is 2.89. The largest absolute Gasteiger partial charge is 0.492 e. The van der Waals surface area contributed by atoms with Crippen molar-refractivity contribution in [1.29, 1.82) is 0 Å². The molecule has 1 aromatic carbocycles. The lowest BCUT2D eigenvalue weighted by atomic mass is 10.0. The number of H-pyrrole nitrogens is 1. The minimum Gasteiger partial charge on any atom is -0.492 e. The molecule has 0 aliphatic rings. The van der Waals surface area contributed by atoms with Gasteiger partial charge in [0.15, 0.2) is 11.5 Å². The molecule has 128 valence electrons. The van der Waals surface area contributed by atoms with Crippen LogP contribution in [0.2, 0.25) is 0 Å². The third kappa shape index (κ3) is 3.39. The number of carbonyl (C=O) groups is 1. The third-order valence-electron chi connectivity index (χ3n) is 3.45. The number of hydrogen-bond acceptors (Lipinski definition) is 4. The monoisotopic (exact) mass is 326 g/mol. The molecule has 1 heterocycles. The molecule has 7 heteroatoms. The van der Waals surface area contributed by atoms with Gasteiger partial charge in [-0.25, -0.2) is 4.39 Å². The van der Waals surface area contributed by atoms with Crippen LogP contribution in [0.1, 0.15) is 25.0 Å². The number of aromatic nitrogens is 1. The van der Waals surface area contributed by atoms with Gasteiger partial charge in [0, 0.05) is 23.6 Å². The second-order valence-corrected chi connectivity index (χ2v) is 4.72. The van der Waals surface area contributed by atoms with Gasteiger partial charge in [-0.3, -0.25) is 4.79 Å². The minimum atomic E-state index is -1.14. The summed E-state index contributed by atoms with van der Waals surface area (Å²) >= 11 is 0. The van der Waals surface area contributed by atoms with Gasteiger partial charge >= 0.3 is 5.97 Å². The molecule has 1 aromatic heterocycles. The number of nitrogens with one attached hydrogen (secondary N) is 1.